The van der Waals surface area contributed by atoms with Gasteiger partial charge in [0.05, 0.1) is 17.2 Å². The molecule has 3 aromatic rings. The summed E-state index contributed by atoms with van der Waals surface area (Å²) in [4.78, 5) is 27.9. The number of anilines is 1. The lowest BCUT2D eigenvalue weighted by atomic mass is 9.61. The molecule has 0 aliphatic heterocycles. The number of halogens is 1. The second-order valence-electron chi connectivity index (χ2n) is 7.25. The zero-order valence-corrected chi connectivity index (χ0v) is 17.4. The van der Waals surface area contributed by atoms with Crippen molar-refractivity contribution in [3.8, 4) is 5.75 Å². The topological polar surface area (TPSA) is 94.3 Å². The molecule has 1 heterocycles. The predicted octanol–water partition coefficient (Wildman–Crippen LogP) is 1.63. The summed E-state index contributed by atoms with van der Waals surface area (Å²) in [6, 6.07) is 16.1. The number of primary amides is 1. The fourth-order valence-corrected chi connectivity index (χ4v) is 3.06. The van der Waals surface area contributed by atoms with Gasteiger partial charge < -0.3 is 15.8 Å². The minimum Gasteiger partial charge on any atom is -0.499 e. The van der Waals surface area contributed by atoms with Gasteiger partial charge in [-0.05, 0) is 41.5 Å². The number of amides is 2. The molecule has 9 heteroatoms. The number of rotatable bonds is 7. The molecular formula is C21H20B2ClN3O3. The molecule has 0 saturated heterocycles. The molecule has 2 aromatic carbocycles. The number of nitrogens with zero attached hydrogens (tertiary/aromatic N) is 1. The third kappa shape index (κ3) is 5.21. The first-order valence-electron chi connectivity index (χ1n) is 9.29. The number of aromatic nitrogens is 1. The van der Waals surface area contributed by atoms with Crippen LogP contribution in [-0.4, -0.2) is 32.5 Å². The smallest absolute Gasteiger partial charge is 0.255 e. The van der Waals surface area contributed by atoms with E-state index in [0.717, 1.165) is 11.1 Å². The molecule has 3 rings (SSSR count). The highest BCUT2D eigenvalue weighted by Gasteiger charge is 2.24. The first kappa shape index (κ1) is 21.5. The van der Waals surface area contributed by atoms with E-state index in [2.05, 4.69) is 10.3 Å². The first-order valence-corrected chi connectivity index (χ1v) is 9.82. The number of ether oxygens (including phenoxy) is 1. The highest BCUT2D eigenvalue weighted by atomic mass is 35.5. The van der Waals surface area contributed by atoms with E-state index >= 15 is 0 Å². The summed E-state index contributed by atoms with van der Waals surface area (Å²) in [5.74, 6) is 0.0293. The molecule has 0 atom stereocenters. The van der Waals surface area contributed by atoms with Crippen molar-refractivity contribution in [2.24, 2.45) is 5.73 Å². The number of nitrogens with two attached hydrogens (primary N) is 1. The number of nitrogens with one attached hydrogen (secondary N) is 1. The van der Waals surface area contributed by atoms with Gasteiger partial charge in [-0.2, -0.15) is 0 Å². The Bertz CT molecular complexity index is 1080. The highest BCUT2D eigenvalue weighted by molar-refractivity contribution is 6.39. The monoisotopic (exact) mass is 419 g/mol. The second kappa shape index (κ2) is 9.05. The number of pyridine rings is 1. The van der Waals surface area contributed by atoms with E-state index in [1.54, 1.807) is 24.3 Å². The molecule has 6 nitrogen and oxygen atoms in total. The Morgan fingerprint density at radius 2 is 1.80 bits per heavy atom. The van der Waals surface area contributed by atoms with E-state index in [0.29, 0.717) is 22.9 Å². The number of alkyl halides is 1. The van der Waals surface area contributed by atoms with Gasteiger partial charge in [0.2, 0.25) is 5.91 Å². The van der Waals surface area contributed by atoms with Crippen molar-refractivity contribution in [3.63, 3.8) is 0 Å². The molecule has 30 heavy (non-hydrogen) atoms. The normalized spacial score (nSPS) is 11.0. The fraction of sp³-hybridized carbons (Fsp3) is 0.0952. The summed E-state index contributed by atoms with van der Waals surface area (Å²) < 4.78 is 6.05. The second-order valence-corrected chi connectivity index (χ2v) is 7.52. The maximum atomic E-state index is 12.5. The Morgan fingerprint density at radius 3 is 2.47 bits per heavy atom. The molecule has 0 spiro atoms. The third-order valence-corrected chi connectivity index (χ3v) is 4.87. The first-order chi connectivity index (χ1) is 14.3. The van der Waals surface area contributed by atoms with Crippen LogP contribution in [0.4, 0.5) is 5.69 Å². The van der Waals surface area contributed by atoms with Crippen LogP contribution >= 0.6 is 11.6 Å². The minimum atomic E-state index is -0.749. The lowest BCUT2D eigenvalue weighted by molar-refractivity contribution is 0.0996. The number of hydrogen-bond acceptors (Lipinski definition) is 4. The summed E-state index contributed by atoms with van der Waals surface area (Å²) >= 11 is 5.79. The van der Waals surface area contributed by atoms with Crippen LogP contribution in [0.1, 0.15) is 31.8 Å². The molecule has 0 bridgehead atoms. The van der Waals surface area contributed by atoms with Crippen molar-refractivity contribution in [1.82, 2.24) is 4.98 Å². The zero-order chi connectivity index (χ0) is 21.7. The molecule has 0 aliphatic carbocycles. The van der Waals surface area contributed by atoms with Crippen LogP contribution in [0.2, 0.25) is 0 Å². The highest BCUT2D eigenvalue weighted by Crippen LogP contribution is 2.25. The van der Waals surface area contributed by atoms with Gasteiger partial charge in [-0.3, -0.25) is 14.6 Å². The molecule has 1 aromatic heterocycles. The SMILES string of the molecule is BC(B)(Oc1cncc(C(N)=O)c1)c1cccc(NC(=O)c2ccc(CCl)cc2)c1. The molecule has 0 aliphatic rings. The van der Waals surface area contributed by atoms with Crippen LogP contribution in [0.15, 0.2) is 67.0 Å². The van der Waals surface area contributed by atoms with Crippen LogP contribution in [0.25, 0.3) is 0 Å². The van der Waals surface area contributed by atoms with Crippen molar-refractivity contribution in [1.29, 1.82) is 0 Å². The van der Waals surface area contributed by atoms with Crippen molar-refractivity contribution in [3.05, 3.63) is 89.2 Å². The molecule has 0 unspecified atom stereocenters. The summed E-state index contributed by atoms with van der Waals surface area (Å²) in [7, 11) is 3.77. The van der Waals surface area contributed by atoms with Crippen molar-refractivity contribution >= 4 is 44.8 Å². The van der Waals surface area contributed by atoms with Gasteiger partial charge in [-0.25, -0.2) is 0 Å². The van der Waals surface area contributed by atoms with Crippen LogP contribution in [0, 0.1) is 0 Å². The Morgan fingerprint density at radius 1 is 1.07 bits per heavy atom. The Hall–Kier alpha value is -3.25. The van der Waals surface area contributed by atoms with Crippen LogP contribution in [0.3, 0.4) is 0 Å². The number of carbonyl (C=O) groups is 2. The van der Waals surface area contributed by atoms with Crippen molar-refractivity contribution in [2.45, 2.75) is 11.3 Å². The minimum absolute atomic E-state index is 0.217. The number of hydrogen-bond donors (Lipinski definition) is 2. The maximum absolute atomic E-state index is 12.5. The van der Waals surface area contributed by atoms with E-state index in [-0.39, 0.29) is 11.5 Å². The zero-order valence-electron chi connectivity index (χ0n) is 16.7. The summed E-state index contributed by atoms with van der Waals surface area (Å²) in [6.45, 7) is 0. The molecule has 0 saturated carbocycles. The summed E-state index contributed by atoms with van der Waals surface area (Å²) in [6.07, 6.45) is 2.91. The third-order valence-electron chi connectivity index (χ3n) is 4.56. The summed E-state index contributed by atoms with van der Waals surface area (Å²) in [5.41, 5.74) is 8.54. The van der Waals surface area contributed by atoms with Crippen LogP contribution in [0.5, 0.6) is 5.75 Å². The van der Waals surface area contributed by atoms with Gasteiger partial charge in [-0.15, -0.1) is 11.6 Å². The predicted molar refractivity (Wildman–Crippen MR) is 123 cm³/mol. The largest absolute Gasteiger partial charge is 0.499 e. The van der Waals surface area contributed by atoms with E-state index in [4.69, 9.17) is 22.1 Å². The summed E-state index contributed by atoms with van der Waals surface area (Å²) in [5, 5.41) is 2.15. The number of benzene rings is 2. The molecule has 0 fully saturated rings. The lowest BCUT2D eigenvalue weighted by Crippen LogP contribution is -2.34. The number of carbonyl (C=O) groups excluding carboxylic acids is 2. The van der Waals surface area contributed by atoms with E-state index in [9.17, 15) is 9.59 Å². The molecule has 2 amide bonds. The van der Waals surface area contributed by atoms with Gasteiger partial charge in [0.15, 0.2) is 15.7 Å². The van der Waals surface area contributed by atoms with Gasteiger partial charge in [0, 0.05) is 23.3 Å². The standard InChI is InChI=1S/C21H20B2ClN3O3/c22-21(23,30-18-8-15(19(25)28)11-26-12-18)16-2-1-3-17(9-16)27-20(29)14-6-4-13(10-24)5-7-14/h1-9,11-12H,10,22-23H2,(H2,25,28)(H,27,29). The average Bonchev–Trinajstić information content (AvgIpc) is 2.74. The quantitative estimate of drug-likeness (QED) is 0.450. The van der Waals surface area contributed by atoms with Gasteiger partial charge in [-0.1, -0.05) is 24.3 Å². The Labute approximate surface area is 181 Å². The molecule has 3 N–H and O–H groups in total. The Kier molecular flexibility index (Phi) is 6.47. The van der Waals surface area contributed by atoms with Gasteiger partial charge >= 0.3 is 0 Å². The van der Waals surface area contributed by atoms with Crippen LogP contribution in [-0.2, 0) is 11.3 Å². The lowest BCUT2D eigenvalue weighted by Gasteiger charge is -2.28. The van der Waals surface area contributed by atoms with E-state index < -0.39 is 11.3 Å². The van der Waals surface area contributed by atoms with Gasteiger partial charge in [0.25, 0.3) is 5.91 Å². The Balaban J connectivity index is 1.77. The fourth-order valence-electron chi connectivity index (χ4n) is 2.88. The maximum Gasteiger partial charge on any atom is 0.255 e. The van der Waals surface area contributed by atoms with Crippen molar-refractivity contribution in [2.75, 3.05) is 5.32 Å². The van der Waals surface area contributed by atoms with Crippen molar-refractivity contribution < 1.29 is 14.3 Å². The average molecular weight is 419 g/mol. The van der Waals surface area contributed by atoms with E-state index in [1.807, 2.05) is 46.0 Å². The van der Waals surface area contributed by atoms with Crippen LogP contribution < -0.4 is 15.8 Å². The van der Waals surface area contributed by atoms with E-state index in [1.165, 1.54) is 12.4 Å². The molecule has 150 valence electrons. The molecular weight excluding hydrogens is 399 g/mol. The van der Waals surface area contributed by atoms with Gasteiger partial charge in [0.1, 0.15) is 5.75 Å². The molecule has 0 radical (unpaired) electrons.